The maximum Gasteiger partial charge on any atom is 0.356 e. The van der Waals surface area contributed by atoms with Crippen molar-refractivity contribution < 1.29 is 14.7 Å². The molecule has 20 heavy (non-hydrogen) atoms. The molecule has 2 aromatic heterocycles. The summed E-state index contributed by atoms with van der Waals surface area (Å²) in [7, 11) is 0. The van der Waals surface area contributed by atoms with Crippen LogP contribution >= 0.6 is 11.3 Å². The van der Waals surface area contributed by atoms with Crippen LogP contribution < -0.4 is 10.6 Å². The molecule has 0 aromatic carbocycles. The molecular weight excluding hydrogens is 280 g/mol. The summed E-state index contributed by atoms with van der Waals surface area (Å²) in [4.78, 5) is 31.5. The minimum atomic E-state index is -1.20. The minimum absolute atomic E-state index is 0.146. The maximum atomic E-state index is 11.7. The van der Waals surface area contributed by atoms with Crippen LogP contribution in [0.1, 0.15) is 20.4 Å². The van der Waals surface area contributed by atoms with Crippen LogP contribution in [0.25, 0.3) is 0 Å². The molecule has 2 amide bonds. The predicted octanol–water partition coefficient (Wildman–Crippen LogP) is 1.87. The van der Waals surface area contributed by atoms with Gasteiger partial charge in [-0.25, -0.2) is 19.6 Å². The number of hydrogen-bond donors (Lipinski definition) is 3. The van der Waals surface area contributed by atoms with Gasteiger partial charge in [-0.05, 0) is 19.1 Å². The van der Waals surface area contributed by atoms with Gasteiger partial charge in [0.25, 0.3) is 0 Å². The van der Waals surface area contributed by atoms with Crippen LogP contribution in [0.4, 0.5) is 10.5 Å². The fraction of sp³-hybridized carbons (Fsp3) is 0.167. The van der Waals surface area contributed by atoms with E-state index in [1.165, 1.54) is 23.6 Å². The second-order valence-electron chi connectivity index (χ2n) is 3.88. The van der Waals surface area contributed by atoms with E-state index < -0.39 is 12.0 Å². The van der Waals surface area contributed by atoms with Gasteiger partial charge in [0.15, 0.2) is 5.69 Å². The lowest BCUT2D eigenvalue weighted by atomic mass is 10.3. The molecule has 0 atom stereocenters. The highest BCUT2D eigenvalue weighted by molar-refractivity contribution is 7.11. The monoisotopic (exact) mass is 292 g/mol. The lowest BCUT2D eigenvalue weighted by molar-refractivity contribution is 0.0692. The summed E-state index contributed by atoms with van der Waals surface area (Å²) in [6.45, 7) is 2.21. The molecule has 0 aliphatic heterocycles. The van der Waals surface area contributed by atoms with Crippen LogP contribution in [0.5, 0.6) is 0 Å². The number of carbonyl (C=O) groups is 2. The molecule has 3 N–H and O–H groups in total. The number of amides is 2. The first-order valence-corrected chi connectivity index (χ1v) is 6.52. The van der Waals surface area contributed by atoms with Crippen molar-refractivity contribution in [3.05, 3.63) is 40.1 Å². The number of nitrogens with zero attached hydrogens (tertiary/aromatic N) is 2. The Kier molecular flexibility index (Phi) is 4.26. The third kappa shape index (κ3) is 3.51. The fourth-order valence-corrected chi connectivity index (χ4v) is 2.21. The Morgan fingerprint density at radius 3 is 2.85 bits per heavy atom. The number of urea groups is 1. The summed E-state index contributed by atoms with van der Waals surface area (Å²) in [5, 5.41) is 14.8. The van der Waals surface area contributed by atoms with Crippen molar-refractivity contribution in [3.8, 4) is 0 Å². The number of carboxylic acids is 1. The maximum absolute atomic E-state index is 11.7. The first kappa shape index (κ1) is 13.9. The SMILES string of the molecule is Cc1cnc(CNC(=O)Nc2cccnc2C(=O)O)s1. The van der Waals surface area contributed by atoms with Gasteiger partial charge in [-0.15, -0.1) is 11.3 Å². The number of anilines is 1. The van der Waals surface area contributed by atoms with E-state index in [-0.39, 0.29) is 17.9 Å². The Morgan fingerprint density at radius 2 is 2.20 bits per heavy atom. The van der Waals surface area contributed by atoms with E-state index in [4.69, 9.17) is 5.11 Å². The molecule has 0 bridgehead atoms. The highest BCUT2D eigenvalue weighted by atomic mass is 32.1. The van der Waals surface area contributed by atoms with Crippen LogP contribution in [0.15, 0.2) is 24.5 Å². The summed E-state index contributed by atoms with van der Waals surface area (Å²) < 4.78 is 0. The highest BCUT2D eigenvalue weighted by Crippen LogP contribution is 2.13. The molecule has 0 radical (unpaired) electrons. The smallest absolute Gasteiger partial charge is 0.356 e. The summed E-state index contributed by atoms with van der Waals surface area (Å²) in [5.74, 6) is -1.20. The molecule has 7 nitrogen and oxygen atoms in total. The van der Waals surface area contributed by atoms with Gasteiger partial charge < -0.3 is 15.7 Å². The molecule has 0 aliphatic rings. The van der Waals surface area contributed by atoms with Gasteiger partial charge in [0.2, 0.25) is 0 Å². The average molecular weight is 292 g/mol. The van der Waals surface area contributed by atoms with E-state index in [0.717, 1.165) is 9.88 Å². The molecule has 8 heteroatoms. The van der Waals surface area contributed by atoms with Gasteiger partial charge in [-0.3, -0.25) is 0 Å². The summed E-state index contributed by atoms with van der Waals surface area (Å²) in [6, 6.07) is 2.52. The van der Waals surface area contributed by atoms with E-state index in [0.29, 0.717) is 0 Å². The Balaban J connectivity index is 1.96. The number of carbonyl (C=O) groups excluding carboxylic acids is 1. The highest BCUT2D eigenvalue weighted by Gasteiger charge is 2.13. The number of pyridine rings is 1. The summed E-state index contributed by atoms with van der Waals surface area (Å²) >= 11 is 1.48. The lowest BCUT2D eigenvalue weighted by Crippen LogP contribution is -2.29. The number of carboxylic acid groups (broad SMARTS) is 1. The standard InChI is InChI=1S/C12H12N4O3S/c1-7-5-14-9(20-7)6-15-12(19)16-8-3-2-4-13-10(8)11(17)18/h2-5H,6H2,1H3,(H,17,18)(H2,15,16,19). The van der Waals surface area contributed by atoms with E-state index in [2.05, 4.69) is 20.6 Å². The topological polar surface area (TPSA) is 104 Å². The molecule has 0 fully saturated rings. The van der Waals surface area contributed by atoms with Crippen molar-refractivity contribution in [2.45, 2.75) is 13.5 Å². The third-order valence-electron chi connectivity index (χ3n) is 2.33. The summed E-state index contributed by atoms with van der Waals surface area (Å²) in [6.07, 6.45) is 3.08. The van der Waals surface area contributed by atoms with E-state index in [1.807, 2.05) is 6.92 Å². The molecule has 2 aromatic rings. The largest absolute Gasteiger partial charge is 0.476 e. The predicted molar refractivity (Wildman–Crippen MR) is 73.9 cm³/mol. The van der Waals surface area contributed by atoms with E-state index in [1.54, 1.807) is 12.3 Å². The molecule has 2 rings (SSSR count). The van der Waals surface area contributed by atoms with Crippen molar-refractivity contribution in [1.82, 2.24) is 15.3 Å². The lowest BCUT2D eigenvalue weighted by Gasteiger charge is -2.08. The quantitative estimate of drug-likeness (QED) is 0.798. The van der Waals surface area contributed by atoms with Crippen LogP contribution in [0, 0.1) is 6.92 Å². The van der Waals surface area contributed by atoms with E-state index >= 15 is 0 Å². The van der Waals surface area contributed by atoms with Gasteiger partial charge >= 0.3 is 12.0 Å². The molecular formula is C12H12N4O3S. The van der Waals surface area contributed by atoms with Gasteiger partial charge in [0.05, 0.1) is 12.2 Å². The number of hydrogen-bond acceptors (Lipinski definition) is 5. The zero-order chi connectivity index (χ0) is 14.5. The van der Waals surface area contributed by atoms with Crippen molar-refractivity contribution in [1.29, 1.82) is 0 Å². The first-order valence-electron chi connectivity index (χ1n) is 5.70. The second-order valence-corrected chi connectivity index (χ2v) is 5.20. The summed E-state index contributed by atoms with van der Waals surface area (Å²) in [5.41, 5.74) is -0.0550. The van der Waals surface area contributed by atoms with Gasteiger partial charge in [0.1, 0.15) is 5.01 Å². The Morgan fingerprint density at radius 1 is 1.40 bits per heavy atom. The van der Waals surface area contributed by atoms with Crippen LogP contribution in [-0.2, 0) is 6.54 Å². The number of aromatic nitrogens is 2. The number of aromatic carboxylic acids is 1. The normalized spacial score (nSPS) is 10.1. The van der Waals surface area contributed by atoms with Gasteiger partial charge in [-0.1, -0.05) is 0 Å². The zero-order valence-corrected chi connectivity index (χ0v) is 11.4. The Labute approximate surface area is 118 Å². The molecule has 0 saturated heterocycles. The minimum Gasteiger partial charge on any atom is -0.476 e. The van der Waals surface area contributed by atoms with Crippen LogP contribution in [0.2, 0.25) is 0 Å². The van der Waals surface area contributed by atoms with Crippen LogP contribution in [0.3, 0.4) is 0 Å². The molecule has 104 valence electrons. The molecule has 0 unspecified atom stereocenters. The second kappa shape index (κ2) is 6.11. The Hall–Kier alpha value is -2.48. The first-order chi connectivity index (χ1) is 9.56. The Bertz CT molecular complexity index is 641. The van der Waals surface area contributed by atoms with Crippen LogP contribution in [-0.4, -0.2) is 27.1 Å². The third-order valence-corrected chi connectivity index (χ3v) is 3.24. The number of nitrogens with one attached hydrogen (secondary N) is 2. The number of thiazole rings is 1. The molecule has 0 aliphatic carbocycles. The average Bonchev–Trinajstić information content (AvgIpc) is 2.83. The van der Waals surface area contributed by atoms with Crippen molar-refractivity contribution >= 4 is 29.0 Å². The fourth-order valence-electron chi connectivity index (χ4n) is 1.48. The zero-order valence-electron chi connectivity index (χ0n) is 10.6. The van der Waals surface area contributed by atoms with Gasteiger partial charge in [-0.2, -0.15) is 0 Å². The van der Waals surface area contributed by atoms with Crippen molar-refractivity contribution in [2.75, 3.05) is 5.32 Å². The molecule has 0 saturated carbocycles. The number of rotatable bonds is 4. The van der Waals surface area contributed by atoms with E-state index in [9.17, 15) is 9.59 Å². The molecule has 2 heterocycles. The molecule has 0 spiro atoms. The van der Waals surface area contributed by atoms with Crippen molar-refractivity contribution in [2.24, 2.45) is 0 Å². The number of aryl methyl sites for hydroxylation is 1. The van der Waals surface area contributed by atoms with Gasteiger partial charge in [0, 0.05) is 17.3 Å². The van der Waals surface area contributed by atoms with Crippen molar-refractivity contribution in [3.63, 3.8) is 0 Å².